The van der Waals surface area contributed by atoms with Crippen LogP contribution in [0.15, 0.2) is 30.3 Å². The van der Waals surface area contributed by atoms with Gasteiger partial charge in [-0.05, 0) is 12.1 Å². The van der Waals surface area contributed by atoms with Crippen LogP contribution in [0, 0.1) is 0 Å². The smallest absolute Gasteiger partial charge is 0.208 e. The summed E-state index contributed by atoms with van der Waals surface area (Å²) in [7, 11) is 0. The van der Waals surface area contributed by atoms with Gasteiger partial charge in [-0.1, -0.05) is 43.4 Å². The average molecular weight is 275 g/mol. The van der Waals surface area contributed by atoms with E-state index in [2.05, 4.69) is 28.9 Å². The molecule has 0 unspecified atom stereocenters. The molecule has 5 heteroatoms. The molecule has 0 atom stereocenters. The monoisotopic (exact) mass is 275 g/mol. The molecule has 2 heterocycles. The van der Waals surface area contributed by atoms with Crippen LogP contribution in [0.25, 0.3) is 0 Å². The molecule has 1 fully saturated rings. The predicted octanol–water partition coefficient (Wildman–Crippen LogP) is 2.93. The second-order valence-electron chi connectivity index (χ2n) is 5.04. The number of ether oxygens (including phenoxy) is 1. The number of hydrogen-bond acceptors (Lipinski definition) is 5. The molecule has 0 saturated carbocycles. The van der Waals surface area contributed by atoms with Crippen LogP contribution < -0.4 is 9.64 Å². The highest BCUT2D eigenvalue weighted by Gasteiger charge is 2.31. The molecular weight excluding hydrogens is 258 g/mol. The molecule has 2 aromatic rings. The Bertz CT molecular complexity index is 535. The van der Waals surface area contributed by atoms with Gasteiger partial charge in [-0.3, -0.25) is 0 Å². The fraction of sp³-hybridized carbons (Fsp3) is 0.429. The summed E-state index contributed by atoms with van der Waals surface area (Å²) in [5.41, 5.74) is 0. The third kappa shape index (κ3) is 2.71. The highest BCUT2D eigenvalue weighted by atomic mass is 32.1. The van der Waals surface area contributed by atoms with Crippen molar-refractivity contribution < 1.29 is 4.74 Å². The van der Waals surface area contributed by atoms with E-state index in [1.54, 1.807) is 11.3 Å². The van der Waals surface area contributed by atoms with E-state index in [0.29, 0.717) is 5.92 Å². The highest BCUT2D eigenvalue weighted by Crippen LogP contribution is 2.29. The lowest BCUT2D eigenvalue weighted by Gasteiger charge is -2.38. The van der Waals surface area contributed by atoms with E-state index in [4.69, 9.17) is 4.74 Å². The molecule has 1 aliphatic rings. The summed E-state index contributed by atoms with van der Waals surface area (Å²) in [6.45, 7) is 6.06. The minimum Gasteiger partial charge on any atom is -0.487 e. The zero-order valence-corrected chi connectivity index (χ0v) is 11.9. The van der Waals surface area contributed by atoms with Crippen molar-refractivity contribution in [2.75, 3.05) is 18.0 Å². The van der Waals surface area contributed by atoms with Crippen LogP contribution in [-0.2, 0) is 0 Å². The summed E-state index contributed by atoms with van der Waals surface area (Å²) in [4.78, 5) is 2.22. The number of para-hydroxylation sites is 1. The highest BCUT2D eigenvalue weighted by molar-refractivity contribution is 7.15. The van der Waals surface area contributed by atoms with Gasteiger partial charge >= 0.3 is 0 Å². The van der Waals surface area contributed by atoms with Gasteiger partial charge in [-0.15, -0.1) is 10.2 Å². The molecule has 0 amide bonds. The molecule has 0 aliphatic carbocycles. The van der Waals surface area contributed by atoms with E-state index in [1.807, 2.05) is 30.3 Å². The van der Waals surface area contributed by atoms with Crippen LogP contribution in [-0.4, -0.2) is 29.4 Å². The first kappa shape index (κ1) is 12.4. The molecule has 1 aromatic carbocycles. The van der Waals surface area contributed by atoms with Gasteiger partial charge < -0.3 is 9.64 Å². The van der Waals surface area contributed by atoms with Crippen LogP contribution in [0.2, 0.25) is 0 Å². The summed E-state index contributed by atoms with van der Waals surface area (Å²) in [5, 5.41) is 10.6. The Balaban J connectivity index is 1.55. The van der Waals surface area contributed by atoms with Gasteiger partial charge in [-0.25, -0.2) is 0 Å². The Hall–Kier alpha value is -1.62. The minimum atomic E-state index is 0.258. The van der Waals surface area contributed by atoms with E-state index in [-0.39, 0.29) is 6.10 Å². The van der Waals surface area contributed by atoms with Crippen molar-refractivity contribution in [1.82, 2.24) is 10.2 Å². The lowest BCUT2D eigenvalue weighted by molar-refractivity contribution is 0.167. The Kier molecular flexibility index (Phi) is 3.38. The first-order chi connectivity index (χ1) is 9.22. The quantitative estimate of drug-likeness (QED) is 0.860. The maximum absolute atomic E-state index is 5.87. The zero-order chi connectivity index (χ0) is 13.2. The topological polar surface area (TPSA) is 38.2 Å². The van der Waals surface area contributed by atoms with E-state index >= 15 is 0 Å². The number of benzene rings is 1. The van der Waals surface area contributed by atoms with Crippen LogP contribution in [0.1, 0.15) is 24.8 Å². The Morgan fingerprint density at radius 2 is 1.95 bits per heavy atom. The molecule has 0 bridgehead atoms. The van der Waals surface area contributed by atoms with Crippen LogP contribution in [0.4, 0.5) is 5.13 Å². The Labute approximate surface area is 117 Å². The molecule has 0 radical (unpaired) electrons. The number of aromatic nitrogens is 2. The Morgan fingerprint density at radius 1 is 1.21 bits per heavy atom. The predicted molar refractivity (Wildman–Crippen MR) is 77.1 cm³/mol. The summed E-state index contributed by atoms with van der Waals surface area (Å²) in [6, 6.07) is 9.96. The fourth-order valence-corrected chi connectivity index (χ4v) is 2.81. The molecule has 1 saturated heterocycles. The third-order valence-corrected chi connectivity index (χ3v) is 4.37. The molecule has 3 rings (SSSR count). The van der Waals surface area contributed by atoms with Gasteiger partial charge in [-0.2, -0.15) is 0 Å². The number of hydrogen-bond donors (Lipinski definition) is 0. The maximum atomic E-state index is 5.87. The molecule has 1 aromatic heterocycles. The maximum Gasteiger partial charge on any atom is 0.208 e. The van der Waals surface area contributed by atoms with Crippen molar-refractivity contribution in [3.63, 3.8) is 0 Å². The molecule has 4 nitrogen and oxygen atoms in total. The van der Waals surface area contributed by atoms with Crippen molar-refractivity contribution in [2.45, 2.75) is 25.9 Å². The molecule has 19 heavy (non-hydrogen) atoms. The number of rotatable bonds is 4. The third-order valence-electron chi connectivity index (χ3n) is 3.09. The SMILES string of the molecule is CC(C)c1nnc(N2CC(Oc3ccccc3)C2)s1. The first-order valence-corrected chi connectivity index (χ1v) is 7.34. The van der Waals surface area contributed by atoms with Crippen molar-refractivity contribution in [1.29, 1.82) is 0 Å². The largest absolute Gasteiger partial charge is 0.487 e. The van der Waals surface area contributed by atoms with E-state index in [0.717, 1.165) is 29.0 Å². The zero-order valence-electron chi connectivity index (χ0n) is 11.1. The van der Waals surface area contributed by atoms with Crippen molar-refractivity contribution in [3.05, 3.63) is 35.3 Å². The van der Waals surface area contributed by atoms with E-state index in [9.17, 15) is 0 Å². The summed E-state index contributed by atoms with van der Waals surface area (Å²) < 4.78 is 5.87. The summed E-state index contributed by atoms with van der Waals surface area (Å²) in [6.07, 6.45) is 0.258. The average Bonchev–Trinajstić information content (AvgIpc) is 2.84. The van der Waals surface area contributed by atoms with Gasteiger partial charge in [0.2, 0.25) is 5.13 Å². The van der Waals surface area contributed by atoms with E-state index in [1.165, 1.54) is 0 Å². The van der Waals surface area contributed by atoms with Crippen LogP contribution >= 0.6 is 11.3 Å². The second-order valence-corrected chi connectivity index (χ2v) is 6.02. The first-order valence-electron chi connectivity index (χ1n) is 6.52. The second kappa shape index (κ2) is 5.17. The summed E-state index contributed by atoms with van der Waals surface area (Å²) >= 11 is 1.68. The molecule has 100 valence electrons. The lowest BCUT2D eigenvalue weighted by Crippen LogP contribution is -2.54. The van der Waals surface area contributed by atoms with Crippen LogP contribution in [0.3, 0.4) is 0 Å². The van der Waals surface area contributed by atoms with Gasteiger partial charge in [0.1, 0.15) is 16.9 Å². The Morgan fingerprint density at radius 3 is 2.58 bits per heavy atom. The van der Waals surface area contributed by atoms with Gasteiger partial charge in [0.15, 0.2) is 0 Å². The number of nitrogens with zero attached hydrogens (tertiary/aromatic N) is 3. The van der Waals surface area contributed by atoms with Gasteiger partial charge in [0.05, 0.1) is 13.1 Å². The summed E-state index contributed by atoms with van der Waals surface area (Å²) in [5.74, 6) is 1.39. The lowest BCUT2D eigenvalue weighted by atomic mass is 10.2. The van der Waals surface area contributed by atoms with Crippen molar-refractivity contribution in [2.24, 2.45) is 0 Å². The molecule has 1 aliphatic heterocycles. The molecular formula is C14H17N3OS. The van der Waals surface area contributed by atoms with E-state index < -0.39 is 0 Å². The molecule has 0 spiro atoms. The number of anilines is 1. The standard InChI is InChI=1S/C14H17N3OS/c1-10(2)13-15-16-14(19-13)17-8-12(9-17)18-11-6-4-3-5-7-11/h3-7,10,12H,8-9H2,1-2H3. The normalized spacial score (nSPS) is 15.6. The van der Waals surface area contributed by atoms with Gasteiger partial charge in [0, 0.05) is 5.92 Å². The minimum absolute atomic E-state index is 0.258. The van der Waals surface area contributed by atoms with Crippen LogP contribution in [0.5, 0.6) is 5.75 Å². The molecule has 0 N–H and O–H groups in total. The van der Waals surface area contributed by atoms with Crippen molar-refractivity contribution in [3.8, 4) is 5.75 Å². The van der Waals surface area contributed by atoms with Gasteiger partial charge in [0.25, 0.3) is 0 Å². The van der Waals surface area contributed by atoms with Crippen molar-refractivity contribution >= 4 is 16.5 Å². The fourth-order valence-electron chi connectivity index (χ4n) is 1.95.